The number of carboxylic acids is 1. The molecule has 8 heteroatoms. The van der Waals surface area contributed by atoms with E-state index >= 15 is 0 Å². The second-order valence-electron chi connectivity index (χ2n) is 6.80. The molecule has 0 atom stereocenters. The summed E-state index contributed by atoms with van der Waals surface area (Å²) in [6, 6.07) is 13.4. The molecule has 0 fully saturated rings. The Morgan fingerprint density at radius 1 is 1.00 bits per heavy atom. The van der Waals surface area contributed by atoms with Crippen LogP contribution < -0.4 is 14.9 Å². The largest absolute Gasteiger partial charge is 0.497 e. The fourth-order valence-corrected chi connectivity index (χ4v) is 3.24. The number of aromatic nitrogens is 1. The van der Waals surface area contributed by atoms with Gasteiger partial charge in [0.25, 0.3) is 5.91 Å². The van der Waals surface area contributed by atoms with E-state index in [1.807, 2.05) is 26.0 Å². The molecule has 3 rings (SSSR count). The van der Waals surface area contributed by atoms with Crippen molar-refractivity contribution in [2.75, 3.05) is 14.2 Å². The normalized spacial score (nSPS) is 10.8. The van der Waals surface area contributed by atoms with Crippen LogP contribution in [0, 0.1) is 13.8 Å². The molecular formula is C23H23N3O5. The third-order valence-electron chi connectivity index (χ3n) is 4.81. The molecule has 0 aliphatic rings. The lowest BCUT2D eigenvalue weighted by molar-refractivity contribution is 0.0696. The molecule has 8 nitrogen and oxygen atoms in total. The SMILES string of the molecule is COc1ccc(/C=N/NC(=O)c2ccc(C(=O)O)c(-n3c(C)ccc3C)c2)c(OC)c1. The molecule has 0 unspecified atom stereocenters. The summed E-state index contributed by atoms with van der Waals surface area (Å²) in [6.07, 6.45) is 1.46. The number of hydrogen-bond donors (Lipinski definition) is 2. The van der Waals surface area contributed by atoms with Gasteiger partial charge in [-0.25, -0.2) is 10.2 Å². The van der Waals surface area contributed by atoms with E-state index in [1.54, 1.807) is 35.9 Å². The number of hydrazone groups is 1. The van der Waals surface area contributed by atoms with Gasteiger partial charge in [-0.2, -0.15) is 5.10 Å². The van der Waals surface area contributed by atoms with E-state index in [9.17, 15) is 14.7 Å². The Morgan fingerprint density at radius 3 is 2.32 bits per heavy atom. The molecule has 0 saturated carbocycles. The van der Waals surface area contributed by atoms with Gasteiger partial charge in [0.1, 0.15) is 11.5 Å². The molecule has 3 aromatic rings. The first-order valence-electron chi connectivity index (χ1n) is 9.43. The van der Waals surface area contributed by atoms with Gasteiger partial charge in [0.2, 0.25) is 0 Å². The zero-order chi connectivity index (χ0) is 22.5. The van der Waals surface area contributed by atoms with Gasteiger partial charge in [0.05, 0.1) is 31.7 Å². The number of carboxylic acid groups (broad SMARTS) is 1. The summed E-state index contributed by atoms with van der Waals surface area (Å²) in [6.45, 7) is 3.75. The average molecular weight is 421 g/mol. The van der Waals surface area contributed by atoms with Crippen LogP contribution in [0.3, 0.4) is 0 Å². The highest BCUT2D eigenvalue weighted by atomic mass is 16.5. The molecule has 0 aliphatic carbocycles. The number of rotatable bonds is 7. The molecular weight excluding hydrogens is 398 g/mol. The first-order chi connectivity index (χ1) is 14.8. The van der Waals surface area contributed by atoms with E-state index in [1.165, 1.54) is 25.5 Å². The van der Waals surface area contributed by atoms with Gasteiger partial charge in [0.15, 0.2) is 0 Å². The highest BCUT2D eigenvalue weighted by molar-refractivity contribution is 5.99. The molecule has 2 N–H and O–H groups in total. The number of amides is 1. The number of benzene rings is 2. The standard InChI is InChI=1S/C23H23N3O5/c1-14-5-6-15(2)26(14)20-11-16(8-10-19(20)23(28)29)22(27)25-24-13-17-7-9-18(30-3)12-21(17)31-4/h5-13H,1-4H3,(H,25,27)(H,28,29)/b24-13+. The number of carbonyl (C=O) groups is 2. The molecule has 0 aliphatic heterocycles. The lowest BCUT2D eigenvalue weighted by Crippen LogP contribution is -2.19. The quantitative estimate of drug-likeness (QED) is 0.449. The van der Waals surface area contributed by atoms with Crippen molar-refractivity contribution in [2.45, 2.75) is 13.8 Å². The summed E-state index contributed by atoms with van der Waals surface area (Å²) in [5.74, 6) is -0.354. The van der Waals surface area contributed by atoms with Gasteiger partial charge < -0.3 is 19.1 Å². The summed E-state index contributed by atoms with van der Waals surface area (Å²) >= 11 is 0. The smallest absolute Gasteiger partial charge is 0.337 e. The maximum Gasteiger partial charge on any atom is 0.337 e. The van der Waals surface area contributed by atoms with E-state index in [0.29, 0.717) is 22.7 Å². The van der Waals surface area contributed by atoms with Gasteiger partial charge in [-0.05, 0) is 56.3 Å². The van der Waals surface area contributed by atoms with Crippen LogP contribution in [0.4, 0.5) is 0 Å². The molecule has 1 heterocycles. The van der Waals surface area contributed by atoms with Crippen LogP contribution in [0.2, 0.25) is 0 Å². The van der Waals surface area contributed by atoms with Crippen LogP contribution in [0.1, 0.15) is 37.7 Å². The number of methoxy groups -OCH3 is 2. The monoisotopic (exact) mass is 421 g/mol. The minimum atomic E-state index is -1.07. The topological polar surface area (TPSA) is 102 Å². The van der Waals surface area contributed by atoms with Gasteiger partial charge >= 0.3 is 5.97 Å². The second kappa shape index (κ2) is 9.17. The van der Waals surface area contributed by atoms with Gasteiger partial charge in [-0.3, -0.25) is 4.79 Å². The Hall–Kier alpha value is -4.07. The lowest BCUT2D eigenvalue weighted by Gasteiger charge is -2.14. The third-order valence-corrected chi connectivity index (χ3v) is 4.81. The Morgan fingerprint density at radius 2 is 1.71 bits per heavy atom. The van der Waals surface area contributed by atoms with E-state index < -0.39 is 11.9 Å². The number of ether oxygens (including phenoxy) is 2. The van der Waals surface area contributed by atoms with E-state index in [2.05, 4.69) is 10.5 Å². The van der Waals surface area contributed by atoms with E-state index in [0.717, 1.165) is 11.4 Å². The molecule has 0 saturated heterocycles. The maximum absolute atomic E-state index is 12.6. The van der Waals surface area contributed by atoms with Crippen molar-refractivity contribution in [2.24, 2.45) is 5.10 Å². The lowest BCUT2D eigenvalue weighted by atomic mass is 10.1. The first kappa shape index (κ1) is 21.6. The van der Waals surface area contributed by atoms with Crippen LogP contribution in [0.25, 0.3) is 5.69 Å². The Labute approximate surface area is 179 Å². The molecule has 0 radical (unpaired) electrons. The predicted octanol–water partition coefficient (Wildman–Crippen LogP) is 3.57. The van der Waals surface area contributed by atoms with Gasteiger partial charge in [-0.1, -0.05) is 0 Å². The number of nitrogens with one attached hydrogen (secondary N) is 1. The summed E-state index contributed by atoms with van der Waals surface area (Å²) in [5, 5.41) is 13.6. The summed E-state index contributed by atoms with van der Waals surface area (Å²) in [7, 11) is 3.09. The van der Waals surface area contributed by atoms with Crippen LogP contribution in [-0.2, 0) is 0 Å². The minimum Gasteiger partial charge on any atom is -0.497 e. The Kier molecular flexibility index (Phi) is 6.40. The highest BCUT2D eigenvalue weighted by Crippen LogP contribution is 2.24. The second-order valence-corrected chi connectivity index (χ2v) is 6.80. The van der Waals surface area contributed by atoms with Gasteiger partial charge in [0, 0.05) is 28.6 Å². The van der Waals surface area contributed by atoms with Crippen molar-refractivity contribution in [1.29, 1.82) is 0 Å². The van der Waals surface area contributed by atoms with Crippen molar-refractivity contribution in [3.05, 3.63) is 76.6 Å². The van der Waals surface area contributed by atoms with Gasteiger partial charge in [-0.15, -0.1) is 0 Å². The number of aryl methyl sites for hydroxylation is 2. The summed E-state index contributed by atoms with van der Waals surface area (Å²) in [5.41, 5.74) is 5.65. The average Bonchev–Trinajstić information content (AvgIpc) is 3.10. The molecule has 0 spiro atoms. The zero-order valence-electron chi connectivity index (χ0n) is 17.7. The number of hydrogen-bond acceptors (Lipinski definition) is 5. The van der Waals surface area contributed by atoms with Crippen molar-refractivity contribution in [3.63, 3.8) is 0 Å². The van der Waals surface area contributed by atoms with Crippen molar-refractivity contribution in [1.82, 2.24) is 9.99 Å². The number of aromatic carboxylic acids is 1. The van der Waals surface area contributed by atoms with Crippen LogP contribution in [-0.4, -0.2) is 42.0 Å². The predicted molar refractivity (Wildman–Crippen MR) is 117 cm³/mol. The molecule has 0 bridgehead atoms. The molecule has 1 amide bonds. The fraction of sp³-hybridized carbons (Fsp3) is 0.174. The van der Waals surface area contributed by atoms with Crippen LogP contribution in [0.15, 0.2) is 53.6 Å². The fourth-order valence-electron chi connectivity index (χ4n) is 3.24. The number of nitrogens with zero attached hydrogens (tertiary/aromatic N) is 2. The summed E-state index contributed by atoms with van der Waals surface area (Å²) in [4.78, 5) is 24.3. The minimum absolute atomic E-state index is 0.102. The third kappa shape index (κ3) is 4.58. The zero-order valence-corrected chi connectivity index (χ0v) is 17.7. The summed E-state index contributed by atoms with van der Waals surface area (Å²) < 4.78 is 12.3. The van der Waals surface area contributed by atoms with E-state index in [4.69, 9.17) is 9.47 Å². The van der Waals surface area contributed by atoms with Crippen molar-refractivity contribution >= 4 is 18.1 Å². The first-order valence-corrected chi connectivity index (χ1v) is 9.43. The molecule has 2 aromatic carbocycles. The molecule has 160 valence electrons. The van der Waals surface area contributed by atoms with Crippen molar-refractivity contribution in [3.8, 4) is 17.2 Å². The van der Waals surface area contributed by atoms with Crippen LogP contribution >= 0.6 is 0 Å². The van der Waals surface area contributed by atoms with Crippen LogP contribution in [0.5, 0.6) is 11.5 Å². The Balaban J connectivity index is 1.87. The highest BCUT2D eigenvalue weighted by Gasteiger charge is 2.17. The van der Waals surface area contributed by atoms with Crippen molar-refractivity contribution < 1.29 is 24.2 Å². The van der Waals surface area contributed by atoms with E-state index in [-0.39, 0.29) is 11.1 Å². The maximum atomic E-state index is 12.6. The Bertz CT molecular complexity index is 1140. The number of carbonyl (C=O) groups excluding carboxylic acids is 1. The molecule has 1 aromatic heterocycles. The molecule has 31 heavy (non-hydrogen) atoms.